The molecule has 0 fully saturated rings. The van der Waals surface area contributed by atoms with Gasteiger partial charge in [0.15, 0.2) is 0 Å². The minimum atomic E-state index is 0.975. The van der Waals surface area contributed by atoms with Crippen LogP contribution < -0.4 is 0 Å². The number of pyridine rings is 1. The van der Waals surface area contributed by atoms with E-state index in [4.69, 9.17) is 0 Å². The van der Waals surface area contributed by atoms with Crippen LogP contribution in [0.4, 0.5) is 0 Å². The van der Waals surface area contributed by atoms with Gasteiger partial charge in [-0.1, -0.05) is 17.7 Å². The van der Waals surface area contributed by atoms with E-state index in [0.717, 1.165) is 21.2 Å². The summed E-state index contributed by atoms with van der Waals surface area (Å²) < 4.78 is 3.17. The van der Waals surface area contributed by atoms with Gasteiger partial charge in [-0.05, 0) is 47.1 Å². The van der Waals surface area contributed by atoms with Gasteiger partial charge in [0.05, 0.1) is 0 Å². The second-order valence-corrected chi connectivity index (χ2v) is 4.91. The number of aryl methyl sites for hydroxylation is 1. The lowest BCUT2D eigenvalue weighted by molar-refractivity contribution is 1.09. The fourth-order valence-electron chi connectivity index (χ4n) is 1.92. The molecule has 0 saturated carbocycles. The maximum absolute atomic E-state index is 4.43. The van der Waals surface area contributed by atoms with Gasteiger partial charge < -0.3 is 4.57 Å². The molecule has 1 aromatic carbocycles. The van der Waals surface area contributed by atoms with E-state index >= 15 is 0 Å². The molecule has 0 N–H and O–H groups in total. The number of hydrogen-bond acceptors (Lipinski definition) is 1. The van der Waals surface area contributed by atoms with E-state index in [1.54, 1.807) is 0 Å². The smallest absolute Gasteiger partial charge is 0.145 e. The first-order valence-electron chi connectivity index (χ1n) is 5.44. The van der Waals surface area contributed by atoms with E-state index in [1.807, 2.05) is 12.3 Å². The molecule has 84 valence electrons. The summed E-state index contributed by atoms with van der Waals surface area (Å²) in [6.07, 6.45) is 3.88. The third kappa shape index (κ3) is 1.76. The lowest BCUT2D eigenvalue weighted by Gasteiger charge is -2.04. The molecule has 0 saturated heterocycles. The standard InChI is InChI=1S/C14H11BrN2/c1-10-4-6-11(7-5-10)17-9-13(15)12-3-2-8-16-14(12)17/h2-9H,1H3. The molecule has 17 heavy (non-hydrogen) atoms. The molecule has 3 heteroatoms. The molecule has 3 aromatic rings. The van der Waals surface area contributed by atoms with E-state index < -0.39 is 0 Å². The number of fused-ring (bicyclic) bond motifs is 1. The summed E-state index contributed by atoms with van der Waals surface area (Å²) in [5.74, 6) is 0. The van der Waals surface area contributed by atoms with Crippen molar-refractivity contribution >= 4 is 27.0 Å². The second kappa shape index (κ2) is 4.00. The van der Waals surface area contributed by atoms with Crippen LogP contribution in [-0.2, 0) is 0 Å². The van der Waals surface area contributed by atoms with Crippen LogP contribution in [0.2, 0.25) is 0 Å². The number of halogens is 1. The van der Waals surface area contributed by atoms with Crippen molar-refractivity contribution in [1.82, 2.24) is 9.55 Å². The summed E-state index contributed by atoms with van der Waals surface area (Å²) in [7, 11) is 0. The Balaban J connectivity index is 2.27. The molecule has 0 aliphatic heterocycles. The number of nitrogens with zero attached hydrogens (tertiary/aromatic N) is 2. The summed E-state index contributed by atoms with van der Waals surface area (Å²) in [5.41, 5.74) is 3.37. The summed E-state index contributed by atoms with van der Waals surface area (Å²) in [5, 5.41) is 1.13. The van der Waals surface area contributed by atoms with Gasteiger partial charge >= 0.3 is 0 Å². The SMILES string of the molecule is Cc1ccc(-n2cc(Br)c3cccnc32)cc1. The van der Waals surface area contributed by atoms with Gasteiger partial charge in [0.1, 0.15) is 5.65 Å². The van der Waals surface area contributed by atoms with Gasteiger partial charge in [-0.25, -0.2) is 4.98 Å². The molecular formula is C14H11BrN2. The molecule has 2 heterocycles. The predicted octanol–water partition coefficient (Wildman–Crippen LogP) is 4.10. The highest BCUT2D eigenvalue weighted by molar-refractivity contribution is 9.10. The summed E-state index contributed by atoms with van der Waals surface area (Å²) >= 11 is 3.57. The van der Waals surface area contributed by atoms with Crippen LogP contribution in [0.1, 0.15) is 5.56 Å². The largest absolute Gasteiger partial charge is 0.300 e. The molecule has 0 radical (unpaired) electrons. The summed E-state index contributed by atoms with van der Waals surface area (Å²) in [6, 6.07) is 12.4. The van der Waals surface area contributed by atoms with Gasteiger partial charge in [-0.2, -0.15) is 0 Å². The normalized spacial score (nSPS) is 10.9. The highest BCUT2D eigenvalue weighted by Crippen LogP contribution is 2.27. The van der Waals surface area contributed by atoms with Gasteiger partial charge in [-0.15, -0.1) is 0 Å². The average Bonchev–Trinajstić information content (AvgIpc) is 2.69. The molecule has 2 nitrogen and oxygen atoms in total. The van der Waals surface area contributed by atoms with E-state index in [2.05, 4.69) is 68.9 Å². The molecule has 0 unspecified atom stereocenters. The maximum Gasteiger partial charge on any atom is 0.145 e. The Kier molecular flexibility index (Phi) is 2.48. The third-order valence-electron chi connectivity index (χ3n) is 2.83. The highest BCUT2D eigenvalue weighted by atomic mass is 79.9. The number of aromatic nitrogens is 2. The van der Waals surface area contributed by atoms with Crippen LogP contribution in [0, 0.1) is 6.92 Å². The van der Waals surface area contributed by atoms with E-state index in [-0.39, 0.29) is 0 Å². The van der Waals surface area contributed by atoms with Gasteiger partial charge in [0.2, 0.25) is 0 Å². The zero-order chi connectivity index (χ0) is 11.8. The van der Waals surface area contributed by atoms with Gasteiger partial charge in [0.25, 0.3) is 0 Å². The third-order valence-corrected chi connectivity index (χ3v) is 3.46. The number of benzene rings is 1. The Morgan fingerprint density at radius 1 is 1.12 bits per heavy atom. The van der Waals surface area contributed by atoms with Crippen molar-refractivity contribution in [1.29, 1.82) is 0 Å². The molecule has 2 aromatic heterocycles. The van der Waals surface area contributed by atoms with E-state index in [0.29, 0.717) is 0 Å². The van der Waals surface area contributed by atoms with Crippen LogP contribution >= 0.6 is 15.9 Å². The fraction of sp³-hybridized carbons (Fsp3) is 0.0714. The van der Waals surface area contributed by atoms with Crippen LogP contribution in [0.3, 0.4) is 0 Å². The molecule has 3 rings (SSSR count). The number of hydrogen-bond donors (Lipinski definition) is 0. The first-order chi connectivity index (χ1) is 8.25. The van der Waals surface area contributed by atoms with Crippen molar-refractivity contribution in [2.24, 2.45) is 0 Å². The Hall–Kier alpha value is -1.61. The Bertz CT molecular complexity index is 668. The van der Waals surface area contributed by atoms with Crippen molar-refractivity contribution < 1.29 is 0 Å². The van der Waals surface area contributed by atoms with Gasteiger partial charge in [-0.3, -0.25) is 0 Å². The lowest BCUT2D eigenvalue weighted by atomic mass is 10.2. The van der Waals surface area contributed by atoms with Crippen molar-refractivity contribution in [3.63, 3.8) is 0 Å². The molecule has 0 bridgehead atoms. The molecule has 0 spiro atoms. The maximum atomic E-state index is 4.43. The first-order valence-corrected chi connectivity index (χ1v) is 6.23. The zero-order valence-electron chi connectivity index (χ0n) is 9.39. The fourth-order valence-corrected chi connectivity index (χ4v) is 2.44. The minimum Gasteiger partial charge on any atom is -0.300 e. The Morgan fingerprint density at radius 2 is 1.88 bits per heavy atom. The van der Waals surface area contributed by atoms with Crippen LogP contribution in [0.15, 0.2) is 53.3 Å². The lowest BCUT2D eigenvalue weighted by Crippen LogP contribution is -1.93. The van der Waals surface area contributed by atoms with E-state index in [1.165, 1.54) is 5.56 Å². The second-order valence-electron chi connectivity index (χ2n) is 4.06. The van der Waals surface area contributed by atoms with Crippen molar-refractivity contribution in [3.8, 4) is 5.69 Å². The van der Waals surface area contributed by atoms with Crippen LogP contribution in [0.5, 0.6) is 0 Å². The quantitative estimate of drug-likeness (QED) is 0.659. The Labute approximate surface area is 108 Å². The van der Waals surface area contributed by atoms with E-state index in [9.17, 15) is 0 Å². The molecule has 0 aliphatic carbocycles. The number of rotatable bonds is 1. The predicted molar refractivity (Wildman–Crippen MR) is 73.5 cm³/mol. The van der Waals surface area contributed by atoms with Crippen molar-refractivity contribution in [2.45, 2.75) is 6.92 Å². The summed E-state index contributed by atoms with van der Waals surface area (Å²) in [6.45, 7) is 2.09. The molecule has 0 amide bonds. The van der Waals surface area contributed by atoms with Crippen LogP contribution in [-0.4, -0.2) is 9.55 Å². The zero-order valence-corrected chi connectivity index (χ0v) is 11.0. The average molecular weight is 287 g/mol. The Morgan fingerprint density at radius 3 is 2.65 bits per heavy atom. The first kappa shape index (κ1) is 10.5. The topological polar surface area (TPSA) is 17.8 Å². The highest BCUT2D eigenvalue weighted by Gasteiger charge is 2.07. The van der Waals surface area contributed by atoms with Gasteiger partial charge in [0, 0.05) is 27.9 Å². The molecule has 0 aliphatic rings. The molecular weight excluding hydrogens is 276 g/mol. The summed E-state index contributed by atoms with van der Waals surface area (Å²) in [4.78, 5) is 4.43. The monoisotopic (exact) mass is 286 g/mol. The van der Waals surface area contributed by atoms with Crippen molar-refractivity contribution in [2.75, 3.05) is 0 Å². The minimum absolute atomic E-state index is 0.975. The van der Waals surface area contributed by atoms with Crippen LogP contribution in [0.25, 0.3) is 16.7 Å². The van der Waals surface area contributed by atoms with Crippen molar-refractivity contribution in [3.05, 3.63) is 58.8 Å². The molecule has 0 atom stereocenters.